The molecule has 100 valence electrons. The van der Waals surface area contributed by atoms with Gasteiger partial charge in [0.1, 0.15) is 5.69 Å². The van der Waals surface area contributed by atoms with E-state index in [4.69, 9.17) is 0 Å². The predicted molar refractivity (Wildman–Crippen MR) is 74.1 cm³/mol. The first kappa shape index (κ1) is 13.1. The number of carbonyl (C=O) groups excluding carboxylic acids is 2. The van der Waals surface area contributed by atoms with Crippen molar-refractivity contribution in [1.82, 2.24) is 15.6 Å². The summed E-state index contributed by atoms with van der Waals surface area (Å²) in [5.41, 5.74) is 2.63. The molecule has 2 amide bonds. The molecule has 1 heterocycles. The average Bonchev–Trinajstić information content (AvgIpc) is 2.77. The average molecular weight is 259 g/mol. The first-order valence-corrected chi connectivity index (χ1v) is 6.18. The highest BCUT2D eigenvalue weighted by Crippen LogP contribution is 2.16. The van der Waals surface area contributed by atoms with Gasteiger partial charge in [-0.2, -0.15) is 0 Å². The third-order valence-corrected chi connectivity index (χ3v) is 2.81. The minimum absolute atomic E-state index is 0.102. The van der Waals surface area contributed by atoms with E-state index in [-0.39, 0.29) is 11.8 Å². The van der Waals surface area contributed by atoms with Gasteiger partial charge in [0.2, 0.25) is 5.91 Å². The van der Waals surface area contributed by atoms with E-state index in [0.29, 0.717) is 18.8 Å². The standard InChI is InChI=1S/C14H17N3O2/c1-9-3-4-11-8-13(17-12(11)7-9)14(19)16-6-5-15-10(2)18/h3-4,7-8,17H,5-6H2,1-2H3,(H,15,18)(H,16,19). The largest absolute Gasteiger partial charge is 0.355 e. The zero-order chi connectivity index (χ0) is 13.8. The summed E-state index contributed by atoms with van der Waals surface area (Å²) in [5.74, 6) is -0.269. The van der Waals surface area contributed by atoms with Crippen molar-refractivity contribution in [3.63, 3.8) is 0 Å². The van der Waals surface area contributed by atoms with Crippen LogP contribution in [-0.4, -0.2) is 29.9 Å². The fraction of sp³-hybridized carbons (Fsp3) is 0.286. The molecule has 2 rings (SSSR count). The Bertz CT molecular complexity index is 616. The molecule has 0 saturated heterocycles. The van der Waals surface area contributed by atoms with E-state index in [2.05, 4.69) is 15.6 Å². The topological polar surface area (TPSA) is 74.0 Å². The molecule has 0 aliphatic carbocycles. The SMILES string of the molecule is CC(=O)NCCNC(=O)c1cc2ccc(C)cc2[nH]1. The summed E-state index contributed by atoms with van der Waals surface area (Å²) in [4.78, 5) is 25.7. The molecule has 0 atom stereocenters. The number of benzene rings is 1. The lowest BCUT2D eigenvalue weighted by molar-refractivity contribution is -0.118. The first-order valence-electron chi connectivity index (χ1n) is 6.18. The Balaban J connectivity index is 1.99. The number of aryl methyl sites for hydroxylation is 1. The molecular weight excluding hydrogens is 242 g/mol. The van der Waals surface area contributed by atoms with Gasteiger partial charge in [-0.1, -0.05) is 12.1 Å². The highest BCUT2D eigenvalue weighted by Gasteiger charge is 2.08. The van der Waals surface area contributed by atoms with E-state index in [1.807, 2.05) is 31.2 Å². The lowest BCUT2D eigenvalue weighted by Gasteiger charge is -2.03. The van der Waals surface area contributed by atoms with Crippen LogP contribution in [-0.2, 0) is 4.79 Å². The van der Waals surface area contributed by atoms with E-state index in [9.17, 15) is 9.59 Å². The number of hydrogen-bond donors (Lipinski definition) is 3. The number of fused-ring (bicyclic) bond motifs is 1. The summed E-state index contributed by atoms with van der Waals surface area (Å²) in [5, 5.41) is 6.38. The Morgan fingerprint density at radius 2 is 1.89 bits per heavy atom. The molecule has 1 aromatic heterocycles. The van der Waals surface area contributed by atoms with Gasteiger partial charge in [0.25, 0.3) is 5.91 Å². The molecule has 1 aromatic carbocycles. The number of H-pyrrole nitrogens is 1. The molecule has 0 unspecified atom stereocenters. The smallest absolute Gasteiger partial charge is 0.267 e. The predicted octanol–water partition coefficient (Wildman–Crippen LogP) is 1.34. The molecule has 3 N–H and O–H groups in total. The number of rotatable bonds is 4. The molecule has 0 radical (unpaired) electrons. The Kier molecular flexibility index (Phi) is 3.85. The molecule has 19 heavy (non-hydrogen) atoms. The van der Waals surface area contributed by atoms with E-state index >= 15 is 0 Å². The van der Waals surface area contributed by atoms with Crippen molar-refractivity contribution in [3.8, 4) is 0 Å². The first-order chi connectivity index (χ1) is 9.06. The monoisotopic (exact) mass is 259 g/mol. The van der Waals surface area contributed by atoms with Gasteiger partial charge in [-0.15, -0.1) is 0 Å². The highest BCUT2D eigenvalue weighted by atomic mass is 16.2. The zero-order valence-corrected chi connectivity index (χ0v) is 11.0. The fourth-order valence-corrected chi connectivity index (χ4v) is 1.87. The number of nitrogens with one attached hydrogen (secondary N) is 3. The molecule has 0 spiro atoms. The number of carbonyl (C=O) groups is 2. The summed E-state index contributed by atoms with van der Waals surface area (Å²) in [6.45, 7) is 4.29. The van der Waals surface area contributed by atoms with Crippen LogP contribution in [0.5, 0.6) is 0 Å². The normalized spacial score (nSPS) is 10.4. The van der Waals surface area contributed by atoms with Gasteiger partial charge in [0, 0.05) is 30.9 Å². The Morgan fingerprint density at radius 1 is 1.16 bits per heavy atom. The third-order valence-electron chi connectivity index (χ3n) is 2.81. The number of amides is 2. The quantitative estimate of drug-likeness (QED) is 0.725. The molecule has 0 aliphatic heterocycles. The van der Waals surface area contributed by atoms with Crippen LogP contribution in [0.15, 0.2) is 24.3 Å². The second kappa shape index (κ2) is 5.56. The summed E-state index contributed by atoms with van der Waals surface area (Å²) in [6.07, 6.45) is 0. The van der Waals surface area contributed by atoms with Crippen molar-refractivity contribution in [3.05, 3.63) is 35.5 Å². The van der Waals surface area contributed by atoms with E-state index in [1.54, 1.807) is 0 Å². The molecule has 0 aliphatic rings. The van der Waals surface area contributed by atoms with Crippen molar-refractivity contribution < 1.29 is 9.59 Å². The van der Waals surface area contributed by atoms with Gasteiger partial charge in [0.05, 0.1) is 0 Å². The minimum Gasteiger partial charge on any atom is -0.355 e. The Labute approximate surface area is 111 Å². The summed E-state index contributed by atoms with van der Waals surface area (Å²) in [7, 11) is 0. The van der Waals surface area contributed by atoms with Crippen LogP contribution in [0, 0.1) is 6.92 Å². The molecule has 5 heteroatoms. The maximum absolute atomic E-state index is 11.9. The molecule has 0 fully saturated rings. The van der Waals surface area contributed by atoms with E-state index < -0.39 is 0 Å². The number of aromatic nitrogens is 1. The second-order valence-corrected chi connectivity index (χ2v) is 4.51. The van der Waals surface area contributed by atoms with E-state index in [1.165, 1.54) is 6.92 Å². The summed E-state index contributed by atoms with van der Waals surface area (Å²) < 4.78 is 0. The van der Waals surface area contributed by atoms with Crippen molar-refractivity contribution in [1.29, 1.82) is 0 Å². The minimum atomic E-state index is -0.167. The van der Waals surface area contributed by atoms with Crippen LogP contribution in [0.2, 0.25) is 0 Å². The molecule has 2 aromatic rings. The van der Waals surface area contributed by atoms with Gasteiger partial charge >= 0.3 is 0 Å². The van der Waals surface area contributed by atoms with Crippen molar-refractivity contribution in [2.45, 2.75) is 13.8 Å². The van der Waals surface area contributed by atoms with Crippen LogP contribution in [0.1, 0.15) is 23.0 Å². The van der Waals surface area contributed by atoms with Gasteiger partial charge in [0.15, 0.2) is 0 Å². The van der Waals surface area contributed by atoms with Crippen LogP contribution in [0.3, 0.4) is 0 Å². The lowest BCUT2D eigenvalue weighted by Crippen LogP contribution is -2.33. The zero-order valence-electron chi connectivity index (χ0n) is 11.0. The fourth-order valence-electron chi connectivity index (χ4n) is 1.87. The second-order valence-electron chi connectivity index (χ2n) is 4.51. The highest BCUT2D eigenvalue weighted by molar-refractivity contribution is 5.98. The summed E-state index contributed by atoms with van der Waals surface area (Å²) >= 11 is 0. The van der Waals surface area contributed by atoms with Crippen molar-refractivity contribution >= 4 is 22.7 Å². The van der Waals surface area contributed by atoms with Crippen LogP contribution in [0.4, 0.5) is 0 Å². The Hall–Kier alpha value is -2.30. The maximum Gasteiger partial charge on any atom is 0.267 e. The molecule has 0 saturated carbocycles. The third kappa shape index (κ3) is 3.34. The van der Waals surface area contributed by atoms with Crippen molar-refractivity contribution in [2.75, 3.05) is 13.1 Å². The van der Waals surface area contributed by atoms with Crippen LogP contribution in [0.25, 0.3) is 10.9 Å². The number of aromatic amines is 1. The Morgan fingerprint density at radius 3 is 2.63 bits per heavy atom. The maximum atomic E-state index is 11.9. The van der Waals surface area contributed by atoms with Crippen molar-refractivity contribution in [2.24, 2.45) is 0 Å². The molecule has 0 bridgehead atoms. The number of hydrogen-bond acceptors (Lipinski definition) is 2. The lowest BCUT2D eigenvalue weighted by atomic mass is 10.2. The van der Waals surface area contributed by atoms with Gasteiger partial charge in [-0.25, -0.2) is 0 Å². The molecule has 5 nitrogen and oxygen atoms in total. The van der Waals surface area contributed by atoms with Crippen LogP contribution >= 0.6 is 0 Å². The molecular formula is C14H17N3O2. The van der Waals surface area contributed by atoms with Gasteiger partial charge in [-0.3, -0.25) is 9.59 Å². The van der Waals surface area contributed by atoms with E-state index in [0.717, 1.165) is 16.5 Å². The van der Waals surface area contributed by atoms with Gasteiger partial charge in [-0.05, 0) is 24.6 Å². The van der Waals surface area contributed by atoms with Crippen LogP contribution < -0.4 is 10.6 Å². The summed E-state index contributed by atoms with van der Waals surface area (Å²) in [6, 6.07) is 7.82. The van der Waals surface area contributed by atoms with Gasteiger partial charge < -0.3 is 15.6 Å².